The fourth-order valence-electron chi connectivity index (χ4n) is 2.50. The average Bonchev–Trinajstić information content (AvgIpc) is 3.03. The van der Waals surface area contributed by atoms with E-state index in [9.17, 15) is 0 Å². The molecule has 0 radical (unpaired) electrons. The Labute approximate surface area is 107 Å². The average molecular weight is 242 g/mol. The summed E-state index contributed by atoms with van der Waals surface area (Å²) in [5.41, 5.74) is 7.87. The van der Waals surface area contributed by atoms with Gasteiger partial charge in [-0.3, -0.25) is 4.98 Å². The summed E-state index contributed by atoms with van der Waals surface area (Å²) in [5.74, 6) is 1.45. The lowest BCUT2D eigenvalue weighted by atomic mass is 10.1. The monoisotopic (exact) mass is 242 g/mol. The van der Waals surface area contributed by atoms with Gasteiger partial charge < -0.3 is 10.3 Å². The summed E-state index contributed by atoms with van der Waals surface area (Å²) in [5, 5.41) is 0. The molecule has 2 aromatic rings. The molecular weight excluding hydrogens is 224 g/mol. The first kappa shape index (κ1) is 11.4. The van der Waals surface area contributed by atoms with Crippen molar-refractivity contribution in [2.45, 2.75) is 25.2 Å². The summed E-state index contributed by atoms with van der Waals surface area (Å²) in [4.78, 5) is 8.55. The summed E-state index contributed by atoms with van der Waals surface area (Å²) in [6.45, 7) is 0.800. The van der Waals surface area contributed by atoms with Crippen molar-refractivity contribution in [1.29, 1.82) is 0 Å². The quantitative estimate of drug-likeness (QED) is 0.873. The first-order valence-corrected chi connectivity index (χ1v) is 6.53. The molecule has 0 saturated heterocycles. The van der Waals surface area contributed by atoms with Crippen LogP contribution in [0.1, 0.15) is 30.9 Å². The van der Waals surface area contributed by atoms with Crippen molar-refractivity contribution in [3.8, 4) is 5.69 Å². The van der Waals surface area contributed by atoms with Crippen LogP contribution in [-0.2, 0) is 0 Å². The van der Waals surface area contributed by atoms with Crippen molar-refractivity contribution in [2.75, 3.05) is 6.54 Å². The van der Waals surface area contributed by atoms with E-state index >= 15 is 0 Å². The van der Waals surface area contributed by atoms with E-state index in [0.29, 0.717) is 5.92 Å². The van der Waals surface area contributed by atoms with Gasteiger partial charge in [-0.15, -0.1) is 0 Å². The summed E-state index contributed by atoms with van der Waals surface area (Å²) in [6, 6.07) is 3.98. The van der Waals surface area contributed by atoms with E-state index in [0.717, 1.165) is 24.6 Å². The lowest BCUT2D eigenvalue weighted by Crippen LogP contribution is -1.98. The molecule has 0 aromatic carbocycles. The van der Waals surface area contributed by atoms with Crippen LogP contribution in [-0.4, -0.2) is 21.1 Å². The second-order valence-corrected chi connectivity index (χ2v) is 4.94. The molecule has 1 saturated carbocycles. The number of nitrogens with two attached hydrogens (primary N) is 1. The summed E-state index contributed by atoms with van der Waals surface area (Å²) >= 11 is 0. The van der Waals surface area contributed by atoms with Crippen LogP contribution in [0.5, 0.6) is 0 Å². The molecule has 94 valence electrons. The number of rotatable bonds is 5. The number of hydrogen-bond donors (Lipinski definition) is 1. The van der Waals surface area contributed by atoms with E-state index in [1.165, 1.54) is 18.5 Å². The van der Waals surface area contributed by atoms with E-state index in [-0.39, 0.29) is 0 Å². The topological polar surface area (TPSA) is 56.7 Å². The van der Waals surface area contributed by atoms with Gasteiger partial charge in [-0.05, 0) is 43.9 Å². The number of pyridine rings is 1. The molecule has 18 heavy (non-hydrogen) atoms. The standard InChI is InChI=1S/C14H18N4/c15-5-1-2-11-8-13(11)14-9-18(10-17-14)12-3-6-16-7-4-12/h3-4,6-7,9-11,13H,1-2,5,8,15H2. The van der Waals surface area contributed by atoms with Gasteiger partial charge >= 0.3 is 0 Å². The first-order valence-electron chi connectivity index (χ1n) is 6.53. The number of aromatic nitrogens is 3. The smallest absolute Gasteiger partial charge is 0.0995 e. The predicted octanol–water partition coefficient (Wildman–Crippen LogP) is 2.11. The predicted molar refractivity (Wildman–Crippen MR) is 70.5 cm³/mol. The Kier molecular flexibility index (Phi) is 3.11. The van der Waals surface area contributed by atoms with Gasteiger partial charge in [0.2, 0.25) is 0 Å². The highest BCUT2D eigenvalue weighted by molar-refractivity contribution is 5.30. The van der Waals surface area contributed by atoms with Crippen molar-refractivity contribution >= 4 is 0 Å². The van der Waals surface area contributed by atoms with Crippen LogP contribution < -0.4 is 5.73 Å². The van der Waals surface area contributed by atoms with Crippen LogP contribution in [0.4, 0.5) is 0 Å². The molecule has 0 bridgehead atoms. The van der Waals surface area contributed by atoms with E-state index in [2.05, 4.69) is 20.7 Å². The van der Waals surface area contributed by atoms with E-state index < -0.39 is 0 Å². The van der Waals surface area contributed by atoms with Gasteiger partial charge in [0.1, 0.15) is 0 Å². The zero-order chi connectivity index (χ0) is 12.4. The van der Waals surface area contributed by atoms with E-state index in [1.54, 1.807) is 12.4 Å². The normalized spacial score (nSPS) is 22.1. The van der Waals surface area contributed by atoms with Crippen LogP contribution in [0.2, 0.25) is 0 Å². The van der Waals surface area contributed by atoms with Crippen LogP contribution >= 0.6 is 0 Å². The zero-order valence-corrected chi connectivity index (χ0v) is 10.4. The van der Waals surface area contributed by atoms with Gasteiger partial charge in [-0.25, -0.2) is 4.98 Å². The maximum atomic E-state index is 5.54. The SMILES string of the molecule is NCCCC1CC1c1cn(-c2ccncc2)cn1. The van der Waals surface area contributed by atoms with Crippen LogP contribution in [0.3, 0.4) is 0 Å². The highest BCUT2D eigenvalue weighted by Crippen LogP contribution is 2.49. The Balaban J connectivity index is 1.68. The van der Waals surface area contributed by atoms with Crippen molar-refractivity contribution < 1.29 is 0 Å². The second-order valence-electron chi connectivity index (χ2n) is 4.94. The van der Waals surface area contributed by atoms with Crippen molar-refractivity contribution in [3.05, 3.63) is 42.7 Å². The maximum Gasteiger partial charge on any atom is 0.0995 e. The van der Waals surface area contributed by atoms with Crippen molar-refractivity contribution in [3.63, 3.8) is 0 Å². The lowest BCUT2D eigenvalue weighted by molar-refractivity contribution is 0.655. The van der Waals surface area contributed by atoms with Gasteiger partial charge in [0.05, 0.1) is 12.0 Å². The minimum Gasteiger partial charge on any atom is -0.330 e. The highest BCUT2D eigenvalue weighted by Gasteiger charge is 2.38. The van der Waals surface area contributed by atoms with Crippen molar-refractivity contribution in [1.82, 2.24) is 14.5 Å². The summed E-state index contributed by atoms with van der Waals surface area (Å²) < 4.78 is 2.06. The molecule has 0 amide bonds. The molecule has 4 nitrogen and oxygen atoms in total. The molecule has 2 unspecified atom stereocenters. The maximum absolute atomic E-state index is 5.54. The van der Waals surface area contributed by atoms with Gasteiger partial charge in [0, 0.05) is 30.2 Å². The summed E-state index contributed by atoms with van der Waals surface area (Å²) in [6.07, 6.45) is 11.3. The fourth-order valence-corrected chi connectivity index (χ4v) is 2.50. The molecule has 1 aliphatic carbocycles. The van der Waals surface area contributed by atoms with E-state index in [4.69, 9.17) is 5.73 Å². The second kappa shape index (κ2) is 4.90. The minimum absolute atomic E-state index is 0.652. The Bertz CT molecular complexity index is 506. The van der Waals surface area contributed by atoms with Crippen LogP contribution in [0.15, 0.2) is 37.1 Å². The molecule has 2 heterocycles. The molecule has 2 atom stereocenters. The third kappa shape index (κ3) is 2.29. The van der Waals surface area contributed by atoms with Crippen LogP contribution in [0, 0.1) is 5.92 Å². The molecule has 4 heteroatoms. The number of hydrogen-bond acceptors (Lipinski definition) is 3. The summed E-state index contributed by atoms with van der Waals surface area (Å²) in [7, 11) is 0. The van der Waals surface area contributed by atoms with E-state index in [1.807, 2.05) is 18.5 Å². The number of imidazole rings is 1. The zero-order valence-electron chi connectivity index (χ0n) is 10.4. The molecular formula is C14H18N4. The minimum atomic E-state index is 0.652. The van der Waals surface area contributed by atoms with Gasteiger partial charge in [0.15, 0.2) is 0 Å². The molecule has 2 N–H and O–H groups in total. The Morgan fingerprint density at radius 2 is 2.17 bits per heavy atom. The fraction of sp³-hybridized carbons (Fsp3) is 0.429. The van der Waals surface area contributed by atoms with Gasteiger partial charge in [0.25, 0.3) is 0 Å². The Hall–Kier alpha value is -1.68. The highest BCUT2D eigenvalue weighted by atomic mass is 15.0. The Morgan fingerprint density at radius 1 is 1.33 bits per heavy atom. The molecule has 1 fully saturated rings. The van der Waals surface area contributed by atoms with Gasteiger partial charge in [-0.2, -0.15) is 0 Å². The molecule has 1 aliphatic rings. The molecule has 0 aliphatic heterocycles. The molecule has 0 spiro atoms. The largest absolute Gasteiger partial charge is 0.330 e. The molecule has 3 rings (SSSR count). The Morgan fingerprint density at radius 3 is 2.94 bits per heavy atom. The third-order valence-electron chi connectivity index (χ3n) is 3.64. The molecule has 2 aromatic heterocycles. The lowest BCUT2D eigenvalue weighted by Gasteiger charge is -1.99. The number of nitrogens with zero attached hydrogens (tertiary/aromatic N) is 3. The first-order chi connectivity index (χ1) is 8.88. The van der Waals surface area contributed by atoms with Gasteiger partial charge in [-0.1, -0.05) is 0 Å². The van der Waals surface area contributed by atoms with Crippen LogP contribution in [0.25, 0.3) is 5.69 Å². The third-order valence-corrected chi connectivity index (χ3v) is 3.64. The van der Waals surface area contributed by atoms with Crippen molar-refractivity contribution in [2.24, 2.45) is 11.7 Å².